The van der Waals surface area contributed by atoms with Gasteiger partial charge in [-0.05, 0) is 32.9 Å². The van der Waals surface area contributed by atoms with Crippen LogP contribution in [0.2, 0.25) is 0 Å². The molecule has 1 atom stereocenters. The van der Waals surface area contributed by atoms with Crippen molar-refractivity contribution >= 4 is 33.9 Å². The Morgan fingerprint density at radius 1 is 1.43 bits per heavy atom. The van der Waals surface area contributed by atoms with Crippen LogP contribution in [0.25, 0.3) is 0 Å². The van der Waals surface area contributed by atoms with Gasteiger partial charge in [-0.15, -0.1) is 0 Å². The molecule has 0 aliphatic heterocycles. The number of hydrogen-bond donors (Lipinski definition) is 0. The van der Waals surface area contributed by atoms with Gasteiger partial charge in [-0.3, -0.25) is 0 Å². The Kier molecular flexibility index (Phi) is 3.23. The topological polar surface area (TPSA) is 0 Å². The van der Waals surface area contributed by atoms with Crippen LogP contribution in [0.15, 0.2) is 51.3 Å². The van der Waals surface area contributed by atoms with Crippen molar-refractivity contribution in [3.63, 3.8) is 0 Å². The first-order valence-electron chi connectivity index (χ1n) is 4.52. The summed E-state index contributed by atoms with van der Waals surface area (Å²) in [5.74, 6) is 0. The molecule has 1 aliphatic carbocycles. The fourth-order valence-corrected chi connectivity index (χ4v) is 3.10. The Balaban J connectivity index is 2.41. The Hall–Kier alpha value is -0.350. The summed E-state index contributed by atoms with van der Waals surface area (Å²) >= 11 is 4.05. The van der Waals surface area contributed by atoms with E-state index in [1.165, 1.54) is 5.56 Å². The van der Waals surface area contributed by atoms with E-state index in [4.69, 9.17) is 0 Å². The molecule has 1 aliphatic rings. The molecule has 0 aromatic carbocycles. The van der Waals surface area contributed by atoms with E-state index in [-0.39, 0.29) is 5.41 Å². The van der Waals surface area contributed by atoms with Crippen LogP contribution in [0, 0.1) is 0 Å². The van der Waals surface area contributed by atoms with E-state index in [0.29, 0.717) is 0 Å². The summed E-state index contributed by atoms with van der Waals surface area (Å²) in [6.07, 6.45) is 12.1. The van der Waals surface area contributed by atoms with Gasteiger partial charge in [0.1, 0.15) is 0 Å². The summed E-state index contributed by atoms with van der Waals surface area (Å²) in [6, 6.07) is 2.21. The maximum atomic E-state index is 2.29. The van der Waals surface area contributed by atoms with Gasteiger partial charge in [0.15, 0.2) is 0 Å². The Bertz CT molecular complexity index is 373. The molecule has 0 saturated heterocycles. The SMILES string of the molecule is I/C=C/C1(c2ccsc2)C=CC=CC1. The Morgan fingerprint density at radius 2 is 2.36 bits per heavy atom. The first-order valence-corrected chi connectivity index (χ1v) is 6.71. The van der Waals surface area contributed by atoms with Gasteiger partial charge in [0.2, 0.25) is 0 Å². The number of hydrogen-bond acceptors (Lipinski definition) is 1. The molecular weight excluding hydrogens is 303 g/mol. The maximum Gasteiger partial charge on any atom is 0.0365 e. The van der Waals surface area contributed by atoms with Crippen molar-refractivity contribution in [2.45, 2.75) is 11.8 Å². The molecule has 0 fully saturated rings. The van der Waals surface area contributed by atoms with E-state index in [1.807, 2.05) is 0 Å². The molecule has 14 heavy (non-hydrogen) atoms. The minimum absolute atomic E-state index is 0.107. The lowest BCUT2D eigenvalue weighted by molar-refractivity contribution is 0.679. The van der Waals surface area contributed by atoms with Crippen LogP contribution in [-0.4, -0.2) is 0 Å². The molecule has 1 aromatic heterocycles. The number of allylic oxidation sites excluding steroid dienone is 5. The molecule has 0 radical (unpaired) electrons. The normalized spacial score (nSPS) is 26.1. The van der Waals surface area contributed by atoms with Gasteiger partial charge >= 0.3 is 0 Å². The van der Waals surface area contributed by atoms with E-state index in [0.717, 1.165) is 6.42 Å². The zero-order valence-corrected chi connectivity index (χ0v) is 10.7. The molecule has 2 heteroatoms. The molecular formula is C12H11IS. The largest absolute Gasteiger partial charge is 0.152 e. The van der Waals surface area contributed by atoms with Gasteiger partial charge in [-0.25, -0.2) is 0 Å². The first kappa shape index (κ1) is 10.2. The highest BCUT2D eigenvalue weighted by Gasteiger charge is 2.26. The number of rotatable bonds is 2. The number of thiophene rings is 1. The molecule has 0 bridgehead atoms. The highest BCUT2D eigenvalue weighted by atomic mass is 127. The molecule has 0 spiro atoms. The molecule has 1 aromatic rings. The van der Waals surface area contributed by atoms with Crippen molar-refractivity contribution in [2.24, 2.45) is 0 Å². The van der Waals surface area contributed by atoms with E-state index in [9.17, 15) is 0 Å². The predicted octanol–water partition coefficient (Wildman–Crippen LogP) is 4.45. The molecule has 2 rings (SSSR count). The third-order valence-electron chi connectivity index (χ3n) is 2.52. The van der Waals surface area contributed by atoms with Crippen LogP contribution >= 0.6 is 33.9 Å². The van der Waals surface area contributed by atoms with Crippen LogP contribution in [-0.2, 0) is 5.41 Å². The Morgan fingerprint density at radius 3 is 2.93 bits per heavy atom. The van der Waals surface area contributed by atoms with Crippen molar-refractivity contribution in [1.29, 1.82) is 0 Å². The third-order valence-corrected chi connectivity index (χ3v) is 3.56. The van der Waals surface area contributed by atoms with E-state index in [1.54, 1.807) is 11.3 Å². The van der Waals surface area contributed by atoms with Crippen LogP contribution in [0.1, 0.15) is 12.0 Å². The summed E-state index contributed by atoms with van der Waals surface area (Å²) in [4.78, 5) is 0. The summed E-state index contributed by atoms with van der Waals surface area (Å²) in [7, 11) is 0. The fourth-order valence-electron chi connectivity index (χ4n) is 1.71. The van der Waals surface area contributed by atoms with Crippen molar-refractivity contribution < 1.29 is 0 Å². The second-order valence-electron chi connectivity index (χ2n) is 3.34. The van der Waals surface area contributed by atoms with Crippen molar-refractivity contribution in [3.8, 4) is 0 Å². The summed E-state index contributed by atoms with van der Waals surface area (Å²) in [6.45, 7) is 0. The van der Waals surface area contributed by atoms with Crippen LogP contribution in [0.3, 0.4) is 0 Å². The van der Waals surface area contributed by atoms with Gasteiger partial charge in [0.05, 0.1) is 0 Å². The minimum Gasteiger partial charge on any atom is -0.152 e. The maximum absolute atomic E-state index is 2.29. The monoisotopic (exact) mass is 314 g/mol. The van der Waals surface area contributed by atoms with Gasteiger partial charge in [0, 0.05) is 5.41 Å². The summed E-state index contributed by atoms with van der Waals surface area (Å²) in [5.41, 5.74) is 1.51. The molecule has 0 nitrogen and oxygen atoms in total. The van der Waals surface area contributed by atoms with Crippen LogP contribution < -0.4 is 0 Å². The highest BCUT2D eigenvalue weighted by Crippen LogP contribution is 2.35. The van der Waals surface area contributed by atoms with Gasteiger partial charge in [-0.1, -0.05) is 53.0 Å². The van der Waals surface area contributed by atoms with Crippen molar-refractivity contribution in [1.82, 2.24) is 0 Å². The van der Waals surface area contributed by atoms with E-state index < -0.39 is 0 Å². The lowest BCUT2D eigenvalue weighted by Gasteiger charge is -2.26. The second-order valence-corrected chi connectivity index (χ2v) is 4.84. The average Bonchev–Trinajstić information content (AvgIpc) is 2.73. The molecule has 1 unspecified atom stereocenters. The van der Waals surface area contributed by atoms with Crippen LogP contribution in [0.5, 0.6) is 0 Å². The van der Waals surface area contributed by atoms with E-state index in [2.05, 4.69) is 73.9 Å². The van der Waals surface area contributed by atoms with Gasteiger partial charge in [-0.2, -0.15) is 11.3 Å². The van der Waals surface area contributed by atoms with E-state index >= 15 is 0 Å². The van der Waals surface area contributed by atoms with Gasteiger partial charge < -0.3 is 0 Å². The van der Waals surface area contributed by atoms with Crippen LogP contribution in [0.4, 0.5) is 0 Å². The average molecular weight is 314 g/mol. The summed E-state index contributed by atoms with van der Waals surface area (Å²) < 4.78 is 2.11. The second kappa shape index (κ2) is 4.45. The first-order chi connectivity index (χ1) is 6.87. The molecule has 0 amide bonds. The third kappa shape index (κ3) is 1.86. The van der Waals surface area contributed by atoms with Crippen molar-refractivity contribution in [3.05, 3.63) is 56.9 Å². The smallest absolute Gasteiger partial charge is 0.0365 e. The van der Waals surface area contributed by atoms with Crippen molar-refractivity contribution in [2.75, 3.05) is 0 Å². The number of halogens is 1. The standard InChI is InChI=1S/C12H11IS/c13-8-7-12(5-2-1-3-6-12)11-4-9-14-10-11/h1-5,7-10H,6H2/b8-7+. The fraction of sp³-hybridized carbons (Fsp3) is 0.167. The molecule has 72 valence electrons. The van der Waals surface area contributed by atoms with Gasteiger partial charge in [0.25, 0.3) is 0 Å². The summed E-state index contributed by atoms with van der Waals surface area (Å²) in [5, 5.41) is 4.38. The lowest BCUT2D eigenvalue weighted by atomic mass is 9.77. The molecule has 0 N–H and O–H groups in total. The molecule has 0 saturated carbocycles. The lowest BCUT2D eigenvalue weighted by Crippen LogP contribution is -2.20. The quantitative estimate of drug-likeness (QED) is 0.708. The predicted molar refractivity (Wildman–Crippen MR) is 72.1 cm³/mol. The minimum atomic E-state index is 0.107. The Labute approximate surface area is 102 Å². The zero-order chi connectivity index (χ0) is 9.86. The highest BCUT2D eigenvalue weighted by molar-refractivity contribution is 14.1. The molecule has 1 heterocycles. The zero-order valence-electron chi connectivity index (χ0n) is 7.69.